The smallest absolute Gasteiger partial charge is 0.333 e. The summed E-state index contributed by atoms with van der Waals surface area (Å²) in [5.74, 6) is 2.69. The summed E-state index contributed by atoms with van der Waals surface area (Å²) in [6.07, 6.45) is 1.51. The molecule has 8 nitrogen and oxygen atoms in total. The number of Topliss-reactive ketones (excluding diaryl/α,β-unsaturated/α-hetero) is 1. The van der Waals surface area contributed by atoms with Crippen LogP contribution in [0.15, 0.2) is 29.4 Å². The van der Waals surface area contributed by atoms with Gasteiger partial charge in [-0.2, -0.15) is 5.10 Å². The van der Waals surface area contributed by atoms with E-state index in [1.807, 2.05) is 0 Å². The lowest BCUT2D eigenvalue weighted by molar-refractivity contribution is -0.152. The molecule has 0 radical (unpaired) electrons. The topological polar surface area (TPSA) is 162 Å². The highest BCUT2D eigenvalue weighted by Gasteiger charge is 2.55. The van der Waals surface area contributed by atoms with Crippen LogP contribution in [0.2, 0.25) is 0 Å². The van der Waals surface area contributed by atoms with Gasteiger partial charge in [-0.1, -0.05) is 24.3 Å². The highest BCUT2D eigenvalue weighted by Crippen LogP contribution is 2.31. The van der Waals surface area contributed by atoms with Crippen LogP contribution in [0, 0.1) is 0 Å². The Bertz CT molecular complexity index is 625. The maximum atomic E-state index is 12.3. The van der Waals surface area contributed by atoms with E-state index in [1.165, 1.54) is 13.1 Å². The minimum absolute atomic E-state index is 0.118. The number of nitrogens with zero attached hydrogens (tertiary/aromatic N) is 1. The van der Waals surface area contributed by atoms with Gasteiger partial charge in [0.15, 0.2) is 11.3 Å². The Kier molecular flexibility index (Phi) is 5.72. The van der Waals surface area contributed by atoms with Crippen molar-refractivity contribution >= 4 is 24.3 Å². The third kappa shape index (κ3) is 3.43. The van der Waals surface area contributed by atoms with Gasteiger partial charge in [0.05, 0.1) is 11.8 Å². The van der Waals surface area contributed by atoms with E-state index in [0.29, 0.717) is 17.4 Å². The monoisotopic (exact) mass is 320 g/mol. The first kappa shape index (κ1) is 18.5. The predicted octanol–water partition coefficient (Wildman–Crippen LogP) is -0.517. The first-order valence-electron chi connectivity index (χ1n) is 6.83. The van der Waals surface area contributed by atoms with Crippen LogP contribution < -0.4 is 17.3 Å². The second kappa shape index (κ2) is 7.12. The highest BCUT2D eigenvalue weighted by molar-refractivity contribution is 6.09. The zero-order valence-corrected chi connectivity index (χ0v) is 12.7. The standard InChI is InChI=1S/C15H20N4O4/c1-14(16,11-6-4-10(5-7-11)9-19-18)15(17,13(22)23)12(21)3-2-8-20/h4-9H,2-3,16-18H2,1H3,(H,22,23). The third-order valence-electron chi connectivity index (χ3n) is 3.82. The van der Waals surface area contributed by atoms with Crippen molar-refractivity contribution in [2.24, 2.45) is 22.4 Å². The second-order valence-electron chi connectivity index (χ2n) is 5.34. The van der Waals surface area contributed by atoms with Crippen molar-refractivity contribution in [3.8, 4) is 0 Å². The molecule has 8 heteroatoms. The fraction of sp³-hybridized carbons (Fsp3) is 0.333. The van der Waals surface area contributed by atoms with Gasteiger partial charge in [0.2, 0.25) is 0 Å². The van der Waals surface area contributed by atoms with Crippen molar-refractivity contribution in [1.29, 1.82) is 0 Å². The van der Waals surface area contributed by atoms with E-state index >= 15 is 0 Å². The maximum Gasteiger partial charge on any atom is 0.333 e. The number of hydrogen-bond donors (Lipinski definition) is 4. The fourth-order valence-corrected chi connectivity index (χ4v) is 2.25. The molecule has 0 spiro atoms. The molecule has 0 heterocycles. The number of rotatable bonds is 8. The molecule has 1 aromatic rings. The van der Waals surface area contributed by atoms with E-state index in [2.05, 4.69) is 5.10 Å². The van der Waals surface area contributed by atoms with Crippen LogP contribution in [0.1, 0.15) is 30.9 Å². The number of hydrazone groups is 1. The number of hydrogen-bond acceptors (Lipinski definition) is 7. The van der Waals surface area contributed by atoms with Crippen molar-refractivity contribution in [2.45, 2.75) is 30.8 Å². The Balaban J connectivity index is 3.30. The number of carboxylic acid groups (broad SMARTS) is 1. The van der Waals surface area contributed by atoms with Gasteiger partial charge < -0.3 is 27.2 Å². The van der Waals surface area contributed by atoms with Crippen molar-refractivity contribution in [3.63, 3.8) is 0 Å². The molecule has 0 fully saturated rings. The molecule has 0 aliphatic rings. The van der Waals surface area contributed by atoms with Crippen LogP contribution in [-0.4, -0.2) is 34.9 Å². The lowest BCUT2D eigenvalue weighted by atomic mass is 9.71. The summed E-state index contributed by atoms with van der Waals surface area (Å²) in [5.41, 5.74) is 9.03. The van der Waals surface area contributed by atoms with Crippen molar-refractivity contribution in [2.75, 3.05) is 0 Å². The minimum atomic E-state index is -2.36. The van der Waals surface area contributed by atoms with Gasteiger partial charge in [-0.3, -0.25) is 4.79 Å². The summed E-state index contributed by atoms with van der Waals surface area (Å²) in [6, 6.07) is 6.34. The lowest BCUT2D eigenvalue weighted by Crippen LogP contribution is -2.70. The average molecular weight is 320 g/mol. The average Bonchev–Trinajstić information content (AvgIpc) is 2.52. The number of carbonyl (C=O) groups is 3. The first-order valence-corrected chi connectivity index (χ1v) is 6.83. The lowest BCUT2D eigenvalue weighted by Gasteiger charge is -2.39. The van der Waals surface area contributed by atoms with E-state index in [9.17, 15) is 19.5 Å². The quantitative estimate of drug-likeness (QED) is 0.165. The van der Waals surface area contributed by atoms with Crippen LogP contribution in [0.25, 0.3) is 0 Å². The Hall–Kier alpha value is -2.58. The summed E-state index contributed by atoms with van der Waals surface area (Å²) in [6.45, 7) is 1.37. The number of carbonyl (C=O) groups excluding carboxylic acids is 2. The van der Waals surface area contributed by atoms with Crippen LogP contribution >= 0.6 is 0 Å². The van der Waals surface area contributed by atoms with Crippen molar-refractivity contribution in [1.82, 2.24) is 0 Å². The van der Waals surface area contributed by atoms with Gasteiger partial charge in [-0.25, -0.2) is 4.79 Å². The molecule has 0 amide bonds. The summed E-state index contributed by atoms with van der Waals surface area (Å²) < 4.78 is 0. The Morgan fingerprint density at radius 1 is 1.26 bits per heavy atom. The molecule has 2 atom stereocenters. The second-order valence-corrected chi connectivity index (χ2v) is 5.34. The third-order valence-corrected chi connectivity index (χ3v) is 3.82. The molecule has 0 aromatic heterocycles. The van der Waals surface area contributed by atoms with Gasteiger partial charge in [-0.15, -0.1) is 0 Å². The molecule has 0 saturated carbocycles. The molecule has 23 heavy (non-hydrogen) atoms. The largest absolute Gasteiger partial charge is 0.479 e. The molecule has 1 rings (SSSR count). The molecule has 2 unspecified atom stereocenters. The number of aldehydes is 1. The highest BCUT2D eigenvalue weighted by atomic mass is 16.4. The maximum absolute atomic E-state index is 12.3. The van der Waals surface area contributed by atoms with Gasteiger partial charge in [0, 0.05) is 12.8 Å². The molecule has 7 N–H and O–H groups in total. The molecular weight excluding hydrogens is 300 g/mol. The van der Waals surface area contributed by atoms with Crippen LogP contribution in [0.4, 0.5) is 0 Å². The fourth-order valence-electron chi connectivity index (χ4n) is 2.25. The molecule has 0 saturated heterocycles. The summed E-state index contributed by atoms with van der Waals surface area (Å²) in [4.78, 5) is 34.4. The van der Waals surface area contributed by atoms with E-state index in [4.69, 9.17) is 17.3 Å². The van der Waals surface area contributed by atoms with E-state index in [0.717, 1.165) is 0 Å². The van der Waals surface area contributed by atoms with E-state index in [-0.39, 0.29) is 12.8 Å². The Morgan fingerprint density at radius 2 is 1.83 bits per heavy atom. The predicted molar refractivity (Wildman–Crippen MR) is 84.6 cm³/mol. The first-order chi connectivity index (χ1) is 10.7. The zero-order chi connectivity index (χ0) is 17.7. The summed E-state index contributed by atoms with van der Waals surface area (Å²) in [5, 5.41) is 12.9. The summed E-state index contributed by atoms with van der Waals surface area (Å²) in [7, 11) is 0. The zero-order valence-electron chi connectivity index (χ0n) is 12.7. The number of ketones is 1. The molecule has 124 valence electrons. The number of nitrogens with two attached hydrogens (primary N) is 3. The van der Waals surface area contributed by atoms with Crippen LogP contribution in [-0.2, 0) is 19.9 Å². The SMILES string of the molecule is CC(N)(c1ccc(C=NN)cc1)C(N)(C(=O)O)C(=O)CCC=O. The van der Waals surface area contributed by atoms with Crippen molar-refractivity contribution in [3.05, 3.63) is 35.4 Å². The molecule has 0 aliphatic carbocycles. The number of aliphatic carboxylic acids is 1. The Morgan fingerprint density at radius 3 is 2.26 bits per heavy atom. The Labute approximate surface area is 133 Å². The van der Waals surface area contributed by atoms with E-state index in [1.54, 1.807) is 24.3 Å². The summed E-state index contributed by atoms with van der Waals surface area (Å²) >= 11 is 0. The van der Waals surface area contributed by atoms with Gasteiger partial charge in [-0.05, 0) is 18.1 Å². The number of benzene rings is 1. The van der Waals surface area contributed by atoms with Crippen LogP contribution in [0.3, 0.4) is 0 Å². The molecular formula is C15H20N4O4. The molecule has 1 aromatic carbocycles. The van der Waals surface area contributed by atoms with Crippen molar-refractivity contribution < 1.29 is 19.5 Å². The van der Waals surface area contributed by atoms with Gasteiger partial charge in [0.1, 0.15) is 6.29 Å². The minimum Gasteiger partial charge on any atom is -0.479 e. The normalized spacial score (nSPS) is 16.5. The molecule has 0 aliphatic heterocycles. The van der Waals surface area contributed by atoms with E-state index < -0.39 is 22.8 Å². The number of carboxylic acids is 1. The molecule has 0 bridgehead atoms. The van der Waals surface area contributed by atoms with Gasteiger partial charge >= 0.3 is 5.97 Å². The van der Waals surface area contributed by atoms with Gasteiger partial charge in [0.25, 0.3) is 0 Å². The van der Waals surface area contributed by atoms with Crippen LogP contribution in [0.5, 0.6) is 0 Å².